The third-order valence-electron chi connectivity index (χ3n) is 4.69. The number of hydrogen-bond donors (Lipinski definition) is 1. The summed E-state index contributed by atoms with van der Waals surface area (Å²) in [6.45, 7) is 2.90. The third kappa shape index (κ3) is 3.22. The van der Waals surface area contributed by atoms with E-state index in [0.717, 1.165) is 25.9 Å². The summed E-state index contributed by atoms with van der Waals surface area (Å²) in [6.07, 6.45) is 5.62. The lowest BCUT2D eigenvalue weighted by atomic mass is 10.1. The smallest absolute Gasteiger partial charge is 0.0956 e. The van der Waals surface area contributed by atoms with E-state index < -0.39 is 0 Å². The topological polar surface area (TPSA) is 32.7 Å². The van der Waals surface area contributed by atoms with Crippen LogP contribution in [-0.4, -0.2) is 41.3 Å². The van der Waals surface area contributed by atoms with Gasteiger partial charge in [-0.25, -0.2) is 0 Å². The van der Waals surface area contributed by atoms with Crippen LogP contribution in [0.2, 0.25) is 0 Å². The minimum atomic E-state index is -0.322. The second kappa shape index (κ2) is 6.70. The summed E-state index contributed by atoms with van der Waals surface area (Å²) >= 11 is 0. The van der Waals surface area contributed by atoms with Gasteiger partial charge in [0.2, 0.25) is 0 Å². The summed E-state index contributed by atoms with van der Waals surface area (Å²) in [5.74, 6) is 0. The van der Waals surface area contributed by atoms with E-state index in [-0.39, 0.29) is 12.2 Å². The largest absolute Gasteiger partial charge is 0.389 e. The van der Waals surface area contributed by atoms with E-state index >= 15 is 0 Å². The maximum atomic E-state index is 10.5. The molecule has 0 unspecified atom stereocenters. The maximum Gasteiger partial charge on any atom is 0.0956 e. The molecule has 1 saturated carbocycles. The Morgan fingerprint density at radius 2 is 1.80 bits per heavy atom. The van der Waals surface area contributed by atoms with Crippen LogP contribution in [0.25, 0.3) is 0 Å². The molecule has 1 aliphatic carbocycles. The van der Waals surface area contributed by atoms with Crippen LogP contribution >= 0.6 is 0 Å². The van der Waals surface area contributed by atoms with Crippen molar-refractivity contribution < 1.29 is 9.84 Å². The standard InChI is InChI=1S/C17H25NO2/c19-17-15(18-11-5-2-6-12-18)9-10-16(17)20-13-14-7-3-1-4-8-14/h1,3-4,7-8,15-17,19H,2,5-6,9-13H2/t15-,16-,17+/m0/s1. The summed E-state index contributed by atoms with van der Waals surface area (Å²) in [4.78, 5) is 2.47. The molecule has 3 nitrogen and oxygen atoms in total. The van der Waals surface area contributed by atoms with Crippen molar-refractivity contribution in [3.8, 4) is 0 Å². The molecule has 1 aromatic carbocycles. The zero-order chi connectivity index (χ0) is 13.8. The van der Waals surface area contributed by atoms with Gasteiger partial charge in [-0.1, -0.05) is 36.8 Å². The first-order valence-electron chi connectivity index (χ1n) is 7.92. The molecular weight excluding hydrogens is 250 g/mol. The molecule has 0 bridgehead atoms. The number of aliphatic hydroxyl groups excluding tert-OH is 1. The number of rotatable bonds is 4. The molecule has 1 aromatic rings. The number of piperidine rings is 1. The molecule has 0 amide bonds. The number of aliphatic hydroxyl groups is 1. The second-order valence-electron chi connectivity index (χ2n) is 6.07. The molecule has 3 atom stereocenters. The van der Waals surface area contributed by atoms with Gasteiger partial charge in [-0.15, -0.1) is 0 Å². The van der Waals surface area contributed by atoms with Crippen molar-refractivity contribution in [2.75, 3.05) is 13.1 Å². The van der Waals surface area contributed by atoms with E-state index in [1.54, 1.807) is 0 Å². The van der Waals surface area contributed by atoms with Crippen LogP contribution < -0.4 is 0 Å². The van der Waals surface area contributed by atoms with Gasteiger partial charge in [-0.05, 0) is 44.3 Å². The van der Waals surface area contributed by atoms with Crippen LogP contribution in [-0.2, 0) is 11.3 Å². The Bertz CT molecular complexity index is 403. The van der Waals surface area contributed by atoms with Gasteiger partial charge in [0.25, 0.3) is 0 Å². The van der Waals surface area contributed by atoms with Gasteiger partial charge >= 0.3 is 0 Å². The highest BCUT2D eigenvalue weighted by molar-refractivity contribution is 5.13. The third-order valence-corrected chi connectivity index (χ3v) is 4.69. The average molecular weight is 275 g/mol. The lowest BCUT2D eigenvalue weighted by molar-refractivity contribution is -0.0515. The fourth-order valence-electron chi connectivity index (χ4n) is 3.53. The highest BCUT2D eigenvalue weighted by Gasteiger charge is 2.38. The zero-order valence-electron chi connectivity index (χ0n) is 12.1. The summed E-state index contributed by atoms with van der Waals surface area (Å²) in [6, 6.07) is 10.5. The van der Waals surface area contributed by atoms with E-state index in [1.807, 2.05) is 18.2 Å². The van der Waals surface area contributed by atoms with Crippen molar-refractivity contribution in [3.63, 3.8) is 0 Å². The van der Waals surface area contributed by atoms with Gasteiger partial charge in [0, 0.05) is 6.04 Å². The minimum Gasteiger partial charge on any atom is -0.389 e. The van der Waals surface area contributed by atoms with Crippen LogP contribution in [0, 0.1) is 0 Å². The van der Waals surface area contributed by atoms with Crippen molar-refractivity contribution in [2.24, 2.45) is 0 Å². The molecule has 110 valence electrons. The minimum absolute atomic E-state index is 0.00197. The Labute approximate surface area is 121 Å². The molecule has 1 saturated heterocycles. The number of hydrogen-bond acceptors (Lipinski definition) is 3. The lowest BCUT2D eigenvalue weighted by Crippen LogP contribution is -2.46. The van der Waals surface area contributed by atoms with Gasteiger partial charge in [0.1, 0.15) is 0 Å². The van der Waals surface area contributed by atoms with Crippen molar-refractivity contribution in [1.29, 1.82) is 0 Å². The zero-order valence-corrected chi connectivity index (χ0v) is 12.1. The monoisotopic (exact) mass is 275 g/mol. The number of likely N-dealkylation sites (tertiary alicyclic amines) is 1. The fraction of sp³-hybridized carbons (Fsp3) is 0.647. The molecule has 0 spiro atoms. The van der Waals surface area contributed by atoms with Gasteiger partial charge in [-0.2, -0.15) is 0 Å². The van der Waals surface area contributed by atoms with Crippen LogP contribution in [0.4, 0.5) is 0 Å². The van der Waals surface area contributed by atoms with Crippen LogP contribution in [0.3, 0.4) is 0 Å². The molecule has 3 heteroatoms. The van der Waals surface area contributed by atoms with E-state index in [1.165, 1.54) is 24.8 Å². The van der Waals surface area contributed by atoms with Gasteiger partial charge in [-0.3, -0.25) is 4.90 Å². The number of ether oxygens (including phenoxy) is 1. The number of benzene rings is 1. The molecule has 3 rings (SSSR count). The van der Waals surface area contributed by atoms with E-state index in [4.69, 9.17) is 4.74 Å². The molecule has 20 heavy (non-hydrogen) atoms. The maximum absolute atomic E-state index is 10.5. The molecular formula is C17H25NO2. The fourth-order valence-corrected chi connectivity index (χ4v) is 3.53. The summed E-state index contributed by atoms with van der Waals surface area (Å²) in [5, 5.41) is 10.5. The van der Waals surface area contributed by atoms with E-state index in [9.17, 15) is 5.11 Å². The Morgan fingerprint density at radius 1 is 1.05 bits per heavy atom. The molecule has 1 N–H and O–H groups in total. The van der Waals surface area contributed by atoms with E-state index in [2.05, 4.69) is 17.0 Å². The molecule has 2 fully saturated rings. The first-order chi connectivity index (χ1) is 9.84. The Balaban J connectivity index is 1.51. The van der Waals surface area contributed by atoms with Crippen LogP contribution in [0.1, 0.15) is 37.7 Å². The Morgan fingerprint density at radius 3 is 2.55 bits per heavy atom. The van der Waals surface area contributed by atoms with Crippen molar-refractivity contribution in [2.45, 2.75) is 57.0 Å². The SMILES string of the molecule is O[C@H]1[C@@H](OCc2ccccc2)CC[C@@H]1N1CCCCC1. The van der Waals surface area contributed by atoms with Crippen molar-refractivity contribution in [1.82, 2.24) is 4.90 Å². The molecule has 1 aliphatic heterocycles. The molecule has 1 heterocycles. The van der Waals surface area contributed by atoms with Crippen molar-refractivity contribution in [3.05, 3.63) is 35.9 Å². The average Bonchev–Trinajstić information content (AvgIpc) is 2.88. The highest BCUT2D eigenvalue weighted by Crippen LogP contribution is 2.29. The Kier molecular flexibility index (Phi) is 4.71. The van der Waals surface area contributed by atoms with Gasteiger partial charge < -0.3 is 9.84 Å². The summed E-state index contributed by atoms with van der Waals surface area (Å²) in [7, 11) is 0. The van der Waals surface area contributed by atoms with E-state index in [0.29, 0.717) is 12.6 Å². The summed E-state index contributed by atoms with van der Waals surface area (Å²) < 4.78 is 5.95. The first kappa shape index (κ1) is 14.1. The van der Waals surface area contributed by atoms with Crippen LogP contribution in [0.15, 0.2) is 30.3 Å². The molecule has 0 radical (unpaired) electrons. The summed E-state index contributed by atoms with van der Waals surface area (Å²) in [5.41, 5.74) is 1.18. The van der Waals surface area contributed by atoms with Crippen LogP contribution in [0.5, 0.6) is 0 Å². The lowest BCUT2D eigenvalue weighted by Gasteiger charge is -2.34. The number of nitrogens with zero attached hydrogens (tertiary/aromatic N) is 1. The second-order valence-corrected chi connectivity index (χ2v) is 6.07. The normalized spacial score (nSPS) is 31.6. The quantitative estimate of drug-likeness (QED) is 0.916. The van der Waals surface area contributed by atoms with Crippen molar-refractivity contribution >= 4 is 0 Å². The molecule has 0 aromatic heterocycles. The predicted octanol–water partition coefficient (Wildman–Crippen LogP) is 2.58. The predicted molar refractivity (Wildman–Crippen MR) is 79.5 cm³/mol. The van der Waals surface area contributed by atoms with Gasteiger partial charge in [0.05, 0.1) is 18.8 Å². The molecule has 2 aliphatic rings. The first-order valence-corrected chi connectivity index (χ1v) is 7.92. The van der Waals surface area contributed by atoms with Gasteiger partial charge in [0.15, 0.2) is 0 Å². The Hall–Kier alpha value is -0.900. The highest BCUT2D eigenvalue weighted by atomic mass is 16.5.